The fourth-order valence-electron chi connectivity index (χ4n) is 7.11. The van der Waals surface area contributed by atoms with Crippen LogP contribution < -0.4 is 0 Å². The van der Waals surface area contributed by atoms with E-state index in [0.717, 1.165) is 0 Å². The van der Waals surface area contributed by atoms with Gasteiger partial charge in [0.25, 0.3) is 0 Å². The normalized spacial score (nSPS) is 44.7. The number of hydrogen-bond acceptors (Lipinski definition) is 0. The van der Waals surface area contributed by atoms with E-state index in [1.807, 2.05) is 0 Å². The quantitative estimate of drug-likeness (QED) is 0.472. The number of benzene rings is 1. The molecule has 0 amide bonds. The molecule has 6 saturated heterocycles. The average Bonchev–Trinajstić information content (AvgIpc) is 2.74. The maximum absolute atomic E-state index is 2.58. The second-order valence-electron chi connectivity index (χ2n) is 11.0. The lowest BCUT2D eigenvalue weighted by molar-refractivity contribution is -1.08. The van der Waals surface area contributed by atoms with Crippen LogP contribution in [-0.2, 0) is 13.1 Å². The Hall–Kier alpha value is -1.20. The van der Waals surface area contributed by atoms with Crippen LogP contribution in [-0.4, -0.2) is 110 Å². The summed E-state index contributed by atoms with van der Waals surface area (Å²) in [5.41, 5.74) is 3.20. The van der Waals surface area contributed by atoms with Gasteiger partial charge in [-0.15, -0.1) is 0 Å². The third kappa shape index (κ3) is 2.88. The van der Waals surface area contributed by atoms with Gasteiger partial charge < -0.3 is 17.9 Å². The van der Waals surface area contributed by atoms with Crippen LogP contribution in [0.25, 0.3) is 0 Å². The molecule has 4 nitrogen and oxygen atoms in total. The fourth-order valence-corrected chi connectivity index (χ4v) is 7.11. The lowest BCUT2D eigenvalue weighted by Gasteiger charge is -2.55. The highest BCUT2D eigenvalue weighted by Crippen LogP contribution is 2.32. The first kappa shape index (κ1) is 17.6. The van der Waals surface area contributed by atoms with Crippen LogP contribution in [0.1, 0.15) is 11.1 Å². The first-order chi connectivity index (χ1) is 13.6. The molecule has 6 bridgehead atoms. The molecular formula is C24H38N4+4. The number of piperazine rings is 6. The monoisotopic (exact) mass is 382 g/mol. The van der Waals surface area contributed by atoms with Gasteiger partial charge in [0.15, 0.2) is 0 Å². The van der Waals surface area contributed by atoms with Crippen LogP contribution in [0, 0.1) is 0 Å². The smallest absolute Gasteiger partial charge is 0.129 e. The van der Waals surface area contributed by atoms with E-state index in [1.165, 1.54) is 123 Å². The van der Waals surface area contributed by atoms with Crippen molar-refractivity contribution in [1.82, 2.24) is 0 Å². The molecule has 1 aromatic carbocycles. The van der Waals surface area contributed by atoms with Crippen molar-refractivity contribution in [2.24, 2.45) is 0 Å². The molecule has 150 valence electrons. The summed E-state index contributed by atoms with van der Waals surface area (Å²) in [5, 5.41) is 0. The lowest BCUT2D eigenvalue weighted by atomic mass is 10.0. The highest BCUT2D eigenvalue weighted by atomic mass is 15.5. The van der Waals surface area contributed by atoms with Crippen LogP contribution in [0.2, 0.25) is 0 Å². The van der Waals surface area contributed by atoms with E-state index in [1.54, 1.807) is 11.1 Å². The third-order valence-electron chi connectivity index (χ3n) is 9.47. The Balaban J connectivity index is 1.35. The van der Waals surface area contributed by atoms with Gasteiger partial charge in [0, 0.05) is 11.1 Å². The molecule has 6 fully saturated rings. The van der Waals surface area contributed by atoms with Gasteiger partial charge in [-0.1, -0.05) is 18.2 Å². The topological polar surface area (TPSA) is 0 Å². The second-order valence-corrected chi connectivity index (χ2v) is 11.0. The summed E-state index contributed by atoms with van der Waals surface area (Å²) < 4.78 is 5.45. The molecule has 0 atom stereocenters. The Morgan fingerprint density at radius 3 is 1.21 bits per heavy atom. The van der Waals surface area contributed by atoms with Crippen molar-refractivity contribution in [3.63, 3.8) is 0 Å². The number of nitrogens with zero attached hydrogens (tertiary/aromatic N) is 4. The summed E-state index contributed by atoms with van der Waals surface area (Å²) in [5.74, 6) is 0. The van der Waals surface area contributed by atoms with E-state index >= 15 is 0 Å². The molecule has 0 radical (unpaired) electrons. The van der Waals surface area contributed by atoms with E-state index in [-0.39, 0.29) is 0 Å². The number of rotatable bonds is 0. The summed E-state index contributed by atoms with van der Waals surface area (Å²) in [6.45, 7) is 21.8. The predicted molar refractivity (Wildman–Crippen MR) is 112 cm³/mol. The van der Waals surface area contributed by atoms with Gasteiger partial charge in [-0.05, 0) is 18.2 Å². The Labute approximate surface area is 170 Å². The van der Waals surface area contributed by atoms with Gasteiger partial charge in [-0.2, -0.15) is 0 Å². The second kappa shape index (κ2) is 6.15. The van der Waals surface area contributed by atoms with E-state index < -0.39 is 0 Å². The molecule has 0 N–H and O–H groups in total. The minimum Gasteiger partial charge on any atom is -0.306 e. The summed E-state index contributed by atoms with van der Waals surface area (Å²) in [7, 11) is 0. The molecule has 1 aromatic rings. The van der Waals surface area contributed by atoms with Gasteiger partial charge in [0.1, 0.15) is 91.6 Å². The minimum absolute atomic E-state index is 1.27. The summed E-state index contributed by atoms with van der Waals surface area (Å²) in [6.07, 6.45) is 5.15. The predicted octanol–water partition coefficient (Wildman–Crippen LogP) is 1.58. The van der Waals surface area contributed by atoms with Crippen molar-refractivity contribution < 1.29 is 17.9 Å². The highest BCUT2D eigenvalue weighted by molar-refractivity contribution is 5.22. The Morgan fingerprint density at radius 1 is 0.464 bits per heavy atom. The number of hydrogen-bond donors (Lipinski definition) is 0. The Morgan fingerprint density at radius 2 is 0.821 bits per heavy atom. The molecule has 15 aliphatic rings. The lowest BCUT2D eigenvalue weighted by Crippen LogP contribution is -2.74. The zero-order chi connectivity index (χ0) is 18.7. The van der Waals surface area contributed by atoms with Crippen LogP contribution in [0.5, 0.6) is 0 Å². The summed E-state index contributed by atoms with van der Waals surface area (Å²) >= 11 is 0. The highest BCUT2D eigenvalue weighted by Gasteiger charge is 2.50. The van der Waals surface area contributed by atoms with Gasteiger partial charge in [0.05, 0.1) is 13.1 Å². The van der Waals surface area contributed by atoms with Crippen molar-refractivity contribution in [3.05, 3.63) is 47.5 Å². The molecule has 0 unspecified atom stereocenters. The molecular weight excluding hydrogens is 344 g/mol. The minimum atomic E-state index is 1.27. The molecule has 0 saturated carbocycles. The van der Waals surface area contributed by atoms with Crippen molar-refractivity contribution in [2.75, 3.05) is 91.6 Å². The molecule has 0 aliphatic carbocycles. The maximum atomic E-state index is 2.58. The molecule has 0 aromatic heterocycles. The van der Waals surface area contributed by atoms with E-state index in [0.29, 0.717) is 0 Å². The van der Waals surface area contributed by atoms with Crippen LogP contribution in [0.15, 0.2) is 36.4 Å². The largest absolute Gasteiger partial charge is 0.306 e. The Kier molecular flexibility index (Phi) is 3.87. The number of quaternary nitrogens is 4. The molecule has 16 rings (SSSR count). The van der Waals surface area contributed by atoms with E-state index in [9.17, 15) is 0 Å². The van der Waals surface area contributed by atoms with Gasteiger partial charge in [-0.3, -0.25) is 0 Å². The molecule has 15 heterocycles. The molecule has 28 heavy (non-hydrogen) atoms. The van der Waals surface area contributed by atoms with Gasteiger partial charge >= 0.3 is 0 Å². The van der Waals surface area contributed by atoms with Gasteiger partial charge in [0.2, 0.25) is 0 Å². The summed E-state index contributed by atoms with van der Waals surface area (Å²) in [4.78, 5) is 0. The molecule has 4 heteroatoms. The van der Waals surface area contributed by atoms with Crippen molar-refractivity contribution >= 4 is 0 Å². The first-order valence-electron chi connectivity index (χ1n) is 11.7. The van der Waals surface area contributed by atoms with E-state index in [4.69, 9.17) is 0 Å². The molecule has 15 aliphatic heterocycles. The molecule has 0 spiro atoms. The zero-order valence-electron chi connectivity index (χ0n) is 17.6. The third-order valence-corrected chi connectivity index (χ3v) is 9.47. The zero-order valence-corrected chi connectivity index (χ0v) is 17.6. The van der Waals surface area contributed by atoms with Crippen LogP contribution in [0.4, 0.5) is 0 Å². The first-order valence-corrected chi connectivity index (χ1v) is 11.7. The summed E-state index contributed by atoms with van der Waals surface area (Å²) in [6, 6.07) is 9.75. The Bertz CT molecular complexity index is 687. The van der Waals surface area contributed by atoms with Crippen molar-refractivity contribution in [3.8, 4) is 0 Å². The standard InChI is InChI=1S/C24H38N4/c1-2-7-26-11-17-28(18-12-26,19-13-26)22-24-5-3-4-23(20-24)21-27-14-8-25(6-1,9-15-27)10-16-27/h1-5,20H,6-19,21-22H2/q+4. The fraction of sp³-hybridized carbons (Fsp3) is 0.667. The van der Waals surface area contributed by atoms with E-state index in [2.05, 4.69) is 36.4 Å². The van der Waals surface area contributed by atoms with Crippen LogP contribution >= 0.6 is 0 Å². The average molecular weight is 383 g/mol. The SMILES string of the molecule is C1=CC[N+]23CC[N+](CC2)(CC3)Cc2cccc(c2)C[N+]23CC[N+](C1)(CC2)CC3. The van der Waals surface area contributed by atoms with Gasteiger partial charge in [-0.25, -0.2) is 0 Å². The van der Waals surface area contributed by atoms with Crippen molar-refractivity contribution in [2.45, 2.75) is 13.1 Å². The maximum Gasteiger partial charge on any atom is 0.129 e. The van der Waals surface area contributed by atoms with Crippen molar-refractivity contribution in [1.29, 1.82) is 0 Å². The van der Waals surface area contributed by atoms with Crippen LogP contribution in [0.3, 0.4) is 0 Å².